The quantitative estimate of drug-likeness (QED) is 0.805. The number of nitrogens with one attached hydrogen (secondary N) is 1. The molecule has 0 unspecified atom stereocenters. The summed E-state index contributed by atoms with van der Waals surface area (Å²) in [6, 6.07) is 4.54. The second-order valence-corrected chi connectivity index (χ2v) is 3.25. The molecule has 16 heavy (non-hydrogen) atoms. The standard InChI is InChI=1S/C10H11F2NO3/c1-14-5-4-13-7-2-3-8-9(6-7)16-10(11,12)15-8/h2-3,6,13H,4-5H2,1H3. The van der Waals surface area contributed by atoms with Crippen molar-refractivity contribution >= 4 is 5.69 Å². The SMILES string of the molecule is COCCNc1ccc2c(c1)OC(F)(F)O2. The maximum atomic E-state index is 12.7. The molecule has 0 radical (unpaired) electrons. The van der Waals surface area contributed by atoms with E-state index < -0.39 is 6.29 Å². The minimum atomic E-state index is -3.56. The molecular formula is C10H11F2NO3. The van der Waals surface area contributed by atoms with Gasteiger partial charge in [0.2, 0.25) is 0 Å². The van der Waals surface area contributed by atoms with E-state index >= 15 is 0 Å². The summed E-state index contributed by atoms with van der Waals surface area (Å²) in [5.74, 6) is 0.0784. The molecule has 0 spiro atoms. The van der Waals surface area contributed by atoms with Crippen LogP contribution >= 0.6 is 0 Å². The third-order valence-electron chi connectivity index (χ3n) is 2.04. The molecule has 0 bridgehead atoms. The van der Waals surface area contributed by atoms with Gasteiger partial charge in [-0.2, -0.15) is 0 Å². The zero-order valence-electron chi connectivity index (χ0n) is 8.63. The van der Waals surface area contributed by atoms with Crippen LogP contribution in [0.25, 0.3) is 0 Å². The summed E-state index contributed by atoms with van der Waals surface area (Å²) >= 11 is 0. The van der Waals surface area contributed by atoms with Crippen LogP contribution < -0.4 is 14.8 Å². The molecule has 0 atom stereocenters. The van der Waals surface area contributed by atoms with Crippen molar-refractivity contribution in [2.24, 2.45) is 0 Å². The fourth-order valence-corrected chi connectivity index (χ4v) is 1.36. The fourth-order valence-electron chi connectivity index (χ4n) is 1.36. The normalized spacial score (nSPS) is 16.2. The van der Waals surface area contributed by atoms with Crippen LogP contribution in [0.15, 0.2) is 18.2 Å². The molecule has 1 aliphatic heterocycles. The van der Waals surface area contributed by atoms with Crippen molar-refractivity contribution in [2.45, 2.75) is 6.29 Å². The Labute approximate surface area is 91.1 Å². The third kappa shape index (κ3) is 2.33. The Morgan fingerprint density at radius 1 is 1.31 bits per heavy atom. The van der Waals surface area contributed by atoms with E-state index in [0.29, 0.717) is 18.8 Å². The highest BCUT2D eigenvalue weighted by atomic mass is 19.3. The minimum absolute atomic E-state index is 0.0346. The number of alkyl halides is 2. The van der Waals surface area contributed by atoms with Crippen LogP contribution in [-0.4, -0.2) is 26.6 Å². The topological polar surface area (TPSA) is 39.7 Å². The van der Waals surface area contributed by atoms with Gasteiger partial charge in [0, 0.05) is 25.4 Å². The number of anilines is 1. The smallest absolute Gasteiger partial charge is 0.395 e. The molecule has 4 nitrogen and oxygen atoms in total. The first-order valence-corrected chi connectivity index (χ1v) is 4.73. The Hall–Kier alpha value is -1.56. The molecule has 0 fully saturated rings. The molecule has 0 aromatic heterocycles. The van der Waals surface area contributed by atoms with Gasteiger partial charge in [-0.1, -0.05) is 0 Å². The number of hydrogen-bond donors (Lipinski definition) is 1. The van der Waals surface area contributed by atoms with Crippen molar-refractivity contribution < 1.29 is 23.0 Å². The Morgan fingerprint density at radius 2 is 2.06 bits per heavy atom. The number of ether oxygens (including phenoxy) is 3. The van der Waals surface area contributed by atoms with Crippen molar-refractivity contribution in [2.75, 3.05) is 25.6 Å². The predicted molar refractivity (Wildman–Crippen MR) is 53.0 cm³/mol. The van der Waals surface area contributed by atoms with Crippen LogP contribution in [0.4, 0.5) is 14.5 Å². The summed E-state index contributed by atoms with van der Waals surface area (Å²) in [6.07, 6.45) is -3.56. The Balaban J connectivity index is 2.04. The molecule has 88 valence electrons. The number of halogens is 2. The Morgan fingerprint density at radius 3 is 2.81 bits per heavy atom. The molecule has 1 aliphatic rings. The highest BCUT2D eigenvalue weighted by molar-refractivity contribution is 5.55. The first-order valence-electron chi connectivity index (χ1n) is 4.73. The van der Waals surface area contributed by atoms with Crippen LogP contribution in [0.1, 0.15) is 0 Å². The number of rotatable bonds is 4. The number of fused-ring (bicyclic) bond motifs is 1. The first-order chi connectivity index (χ1) is 7.61. The average Bonchev–Trinajstić information content (AvgIpc) is 2.51. The highest BCUT2D eigenvalue weighted by Gasteiger charge is 2.43. The molecule has 1 aromatic carbocycles. The Kier molecular flexibility index (Phi) is 2.82. The van der Waals surface area contributed by atoms with E-state index in [1.54, 1.807) is 13.2 Å². The minimum Gasteiger partial charge on any atom is -0.395 e. The van der Waals surface area contributed by atoms with Crippen molar-refractivity contribution in [1.82, 2.24) is 0 Å². The summed E-state index contributed by atoms with van der Waals surface area (Å²) in [5, 5.41) is 3.00. The summed E-state index contributed by atoms with van der Waals surface area (Å²) in [7, 11) is 1.59. The number of benzene rings is 1. The van der Waals surface area contributed by atoms with Gasteiger partial charge >= 0.3 is 6.29 Å². The zero-order chi connectivity index (χ0) is 11.6. The van der Waals surface area contributed by atoms with E-state index in [1.165, 1.54) is 12.1 Å². The lowest BCUT2D eigenvalue weighted by Crippen LogP contribution is -2.25. The highest BCUT2D eigenvalue weighted by Crippen LogP contribution is 2.42. The predicted octanol–water partition coefficient (Wildman–Crippen LogP) is 2.07. The second-order valence-electron chi connectivity index (χ2n) is 3.25. The molecule has 2 rings (SSSR count). The van der Waals surface area contributed by atoms with Crippen molar-refractivity contribution in [3.63, 3.8) is 0 Å². The molecule has 0 amide bonds. The fraction of sp³-hybridized carbons (Fsp3) is 0.400. The van der Waals surface area contributed by atoms with Gasteiger partial charge in [-0.15, -0.1) is 8.78 Å². The summed E-state index contributed by atoms with van der Waals surface area (Å²) < 4.78 is 38.8. The molecule has 1 heterocycles. The molecule has 1 N–H and O–H groups in total. The largest absolute Gasteiger partial charge is 0.586 e. The van der Waals surface area contributed by atoms with Gasteiger partial charge in [0.1, 0.15) is 0 Å². The monoisotopic (exact) mass is 231 g/mol. The lowest BCUT2D eigenvalue weighted by Gasteiger charge is -2.05. The van der Waals surface area contributed by atoms with Crippen LogP contribution in [-0.2, 0) is 4.74 Å². The van der Waals surface area contributed by atoms with E-state index in [2.05, 4.69) is 14.8 Å². The molecule has 1 aromatic rings. The maximum Gasteiger partial charge on any atom is 0.586 e. The Bertz CT molecular complexity index is 384. The molecular weight excluding hydrogens is 220 g/mol. The van der Waals surface area contributed by atoms with Gasteiger partial charge in [-0.25, -0.2) is 0 Å². The van der Waals surface area contributed by atoms with Crippen molar-refractivity contribution in [3.05, 3.63) is 18.2 Å². The van der Waals surface area contributed by atoms with Crippen molar-refractivity contribution in [3.8, 4) is 11.5 Å². The van der Waals surface area contributed by atoms with E-state index in [1.807, 2.05) is 0 Å². The summed E-state index contributed by atoms with van der Waals surface area (Å²) in [5.41, 5.74) is 0.678. The van der Waals surface area contributed by atoms with E-state index in [-0.39, 0.29) is 11.5 Å². The van der Waals surface area contributed by atoms with Crippen LogP contribution in [0.3, 0.4) is 0 Å². The third-order valence-corrected chi connectivity index (χ3v) is 2.04. The average molecular weight is 231 g/mol. The molecule has 0 saturated carbocycles. The molecule has 0 saturated heterocycles. The first kappa shape index (κ1) is 10.9. The van der Waals surface area contributed by atoms with Gasteiger partial charge in [0.05, 0.1) is 6.61 Å². The van der Waals surface area contributed by atoms with Crippen LogP contribution in [0.2, 0.25) is 0 Å². The second kappa shape index (κ2) is 4.13. The summed E-state index contributed by atoms with van der Waals surface area (Å²) in [4.78, 5) is 0. The van der Waals surface area contributed by atoms with Gasteiger partial charge < -0.3 is 19.5 Å². The van der Waals surface area contributed by atoms with E-state index in [0.717, 1.165) is 0 Å². The van der Waals surface area contributed by atoms with Gasteiger partial charge in [-0.3, -0.25) is 0 Å². The van der Waals surface area contributed by atoms with E-state index in [4.69, 9.17) is 4.74 Å². The molecule has 0 aliphatic carbocycles. The van der Waals surface area contributed by atoms with Crippen LogP contribution in [0.5, 0.6) is 11.5 Å². The number of methoxy groups -OCH3 is 1. The van der Waals surface area contributed by atoms with Gasteiger partial charge in [0.15, 0.2) is 11.5 Å². The number of hydrogen-bond acceptors (Lipinski definition) is 4. The zero-order valence-corrected chi connectivity index (χ0v) is 8.63. The van der Waals surface area contributed by atoms with Gasteiger partial charge in [0.25, 0.3) is 0 Å². The van der Waals surface area contributed by atoms with E-state index in [9.17, 15) is 8.78 Å². The lowest BCUT2D eigenvalue weighted by molar-refractivity contribution is -0.286. The summed E-state index contributed by atoms with van der Waals surface area (Å²) in [6.45, 7) is 1.12. The molecule has 6 heteroatoms. The van der Waals surface area contributed by atoms with Gasteiger partial charge in [-0.05, 0) is 12.1 Å². The van der Waals surface area contributed by atoms with Crippen LogP contribution in [0, 0.1) is 0 Å². The maximum absolute atomic E-state index is 12.7. The van der Waals surface area contributed by atoms with Crippen molar-refractivity contribution in [1.29, 1.82) is 0 Å². The lowest BCUT2D eigenvalue weighted by atomic mass is 10.3.